The van der Waals surface area contributed by atoms with Crippen LogP contribution in [0.4, 0.5) is 4.79 Å². The molecular formula is C11H10ClN3O3S. The second-order valence-electron chi connectivity index (χ2n) is 4.39. The van der Waals surface area contributed by atoms with Crippen molar-refractivity contribution in [1.82, 2.24) is 15.1 Å². The minimum atomic E-state index is -0.374. The number of rotatable bonds is 2. The smallest absolute Gasteiger partial charge is 0.324 e. The first-order valence-corrected chi connectivity index (χ1v) is 6.90. The van der Waals surface area contributed by atoms with E-state index in [0.717, 1.165) is 0 Å². The minimum Gasteiger partial charge on any atom is -0.334 e. The van der Waals surface area contributed by atoms with Gasteiger partial charge in [0.2, 0.25) is 5.91 Å². The van der Waals surface area contributed by atoms with E-state index in [1.54, 1.807) is 17.0 Å². The predicted octanol–water partition coefficient (Wildman–Crippen LogP) is 0.778. The van der Waals surface area contributed by atoms with Crippen LogP contribution in [0, 0.1) is 0 Å². The van der Waals surface area contributed by atoms with E-state index in [1.807, 2.05) is 0 Å². The van der Waals surface area contributed by atoms with E-state index in [-0.39, 0.29) is 30.4 Å². The van der Waals surface area contributed by atoms with E-state index in [2.05, 4.69) is 5.32 Å². The van der Waals surface area contributed by atoms with Gasteiger partial charge in [-0.05, 0) is 12.1 Å². The maximum atomic E-state index is 12.0. The van der Waals surface area contributed by atoms with Gasteiger partial charge in [0, 0.05) is 13.1 Å². The third kappa shape index (κ3) is 2.08. The highest BCUT2D eigenvalue weighted by molar-refractivity contribution is 7.17. The summed E-state index contributed by atoms with van der Waals surface area (Å²) in [5.41, 5.74) is 0. The molecule has 1 aromatic rings. The topological polar surface area (TPSA) is 69.7 Å². The predicted molar refractivity (Wildman–Crippen MR) is 69.3 cm³/mol. The molecule has 0 aliphatic carbocycles. The molecule has 1 aromatic heterocycles. The highest BCUT2D eigenvalue weighted by Gasteiger charge is 2.43. The van der Waals surface area contributed by atoms with Crippen molar-refractivity contribution in [2.75, 3.05) is 19.6 Å². The minimum absolute atomic E-state index is 0.0454. The maximum absolute atomic E-state index is 12.0. The molecule has 2 aliphatic heterocycles. The lowest BCUT2D eigenvalue weighted by molar-refractivity contribution is -0.128. The molecule has 0 radical (unpaired) electrons. The average molecular weight is 300 g/mol. The Kier molecular flexibility index (Phi) is 2.94. The molecule has 2 fully saturated rings. The molecule has 100 valence electrons. The van der Waals surface area contributed by atoms with Crippen molar-refractivity contribution in [1.29, 1.82) is 0 Å². The number of nitrogens with zero attached hydrogens (tertiary/aromatic N) is 2. The second kappa shape index (κ2) is 4.50. The largest absolute Gasteiger partial charge is 0.334 e. The molecule has 8 heteroatoms. The number of urea groups is 1. The lowest BCUT2D eigenvalue weighted by atomic mass is 10.1. The standard InChI is InChI=1S/C11H10ClN3O3S/c12-8-2-1-7(19-8)10(17)14-4-6(5-14)15-9(16)3-13-11(15)18/h1-2,6H,3-5H2,(H,13,18). The van der Waals surface area contributed by atoms with Crippen LogP contribution in [-0.2, 0) is 4.79 Å². The molecule has 0 saturated carbocycles. The summed E-state index contributed by atoms with van der Waals surface area (Å²) in [6.45, 7) is 0.810. The summed E-state index contributed by atoms with van der Waals surface area (Å²) in [4.78, 5) is 38.3. The molecule has 1 N–H and O–H groups in total. The molecule has 2 saturated heterocycles. The van der Waals surface area contributed by atoms with E-state index in [4.69, 9.17) is 11.6 Å². The van der Waals surface area contributed by atoms with Gasteiger partial charge < -0.3 is 10.2 Å². The number of hydrogen-bond acceptors (Lipinski definition) is 4. The Morgan fingerprint density at radius 3 is 2.63 bits per heavy atom. The van der Waals surface area contributed by atoms with Crippen molar-refractivity contribution in [2.45, 2.75) is 6.04 Å². The maximum Gasteiger partial charge on any atom is 0.324 e. The summed E-state index contributed by atoms with van der Waals surface area (Å²) < 4.78 is 0.564. The van der Waals surface area contributed by atoms with Crippen LogP contribution in [0.2, 0.25) is 4.34 Å². The highest BCUT2D eigenvalue weighted by Crippen LogP contribution is 2.26. The zero-order valence-electron chi connectivity index (χ0n) is 9.76. The Hall–Kier alpha value is -1.60. The normalized spacial score (nSPS) is 19.6. The van der Waals surface area contributed by atoms with Crippen LogP contribution in [0.25, 0.3) is 0 Å². The first-order valence-electron chi connectivity index (χ1n) is 5.71. The molecule has 4 amide bonds. The fourth-order valence-corrected chi connectivity index (χ4v) is 3.18. The third-order valence-electron chi connectivity index (χ3n) is 3.18. The molecule has 0 spiro atoms. The summed E-state index contributed by atoms with van der Waals surface area (Å²) >= 11 is 7.01. The lowest BCUT2D eigenvalue weighted by Gasteiger charge is -2.42. The Labute approximate surface area is 117 Å². The van der Waals surface area contributed by atoms with Crippen molar-refractivity contribution in [2.24, 2.45) is 0 Å². The quantitative estimate of drug-likeness (QED) is 0.820. The fraction of sp³-hybridized carbons (Fsp3) is 0.364. The number of nitrogens with one attached hydrogen (secondary N) is 1. The van der Waals surface area contributed by atoms with Crippen LogP contribution >= 0.6 is 22.9 Å². The molecule has 2 aliphatic rings. The van der Waals surface area contributed by atoms with Crippen molar-refractivity contribution in [3.8, 4) is 0 Å². The van der Waals surface area contributed by atoms with Gasteiger partial charge in [-0.2, -0.15) is 0 Å². The number of halogens is 1. The van der Waals surface area contributed by atoms with Crippen LogP contribution in [0.3, 0.4) is 0 Å². The second-order valence-corrected chi connectivity index (χ2v) is 6.11. The van der Waals surface area contributed by atoms with Gasteiger partial charge in [0.25, 0.3) is 5.91 Å². The SMILES string of the molecule is O=C(c1ccc(Cl)s1)N1CC(N2C(=O)CNC2=O)C1. The van der Waals surface area contributed by atoms with Gasteiger partial charge in [-0.1, -0.05) is 11.6 Å². The van der Waals surface area contributed by atoms with Gasteiger partial charge in [-0.25, -0.2) is 4.79 Å². The first-order chi connectivity index (χ1) is 9.06. The number of carbonyl (C=O) groups excluding carboxylic acids is 3. The third-order valence-corrected chi connectivity index (χ3v) is 4.40. The number of carbonyl (C=O) groups is 3. The van der Waals surface area contributed by atoms with Crippen LogP contribution in [-0.4, -0.2) is 53.3 Å². The Morgan fingerprint density at radius 1 is 1.37 bits per heavy atom. The monoisotopic (exact) mass is 299 g/mol. The lowest BCUT2D eigenvalue weighted by Crippen LogP contribution is -2.62. The zero-order valence-corrected chi connectivity index (χ0v) is 11.3. The molecule has 3 rings (SSSR count). The van der Waals surface area contributed by atoms with Gasteiger partial charge >= 0.3 is 6.03 Å². The summed E-state index contributed by atoms with van der Waals surface area (Å²) in [6, 6.07) is 2.76. The molecule has 3 heterocycles. The number of amides is 4. The first kappa shape index (κ1) is 12.4. The highest BCUT2D eigenvalue weighted by atomic mass is 35.5. The van der Waals surface area contributed by atoms with Crippen LogP contribution in [0.5, 0.6) is 0 Å². The average Bonchev–Trinajstić information content (AvgIpc) is 2.87. The number of likely N-dealkylation sites (tertiary alicyclic amines) is 1. The molecule has 0 atom stereocenters. The van der Waals surface area contributed by atoms with Crippen molar-refractivity contribution in [3.63, 3.8) is 0 Å². The molecule has 0 unspecified atom stereocenters. The van der Waals surface area contributed by atoms with Crippen LogP contribution in [0.15, 0.2) is 12.1 Å². The van der Waals surface area contributed by atoms with Crippen molar-refractivity contribution in [3.05, 3.63) is 21.3 Å². The molecule has 6 nitrogen and oxygen atoms in total. The van der Waals surface area contributed by atoms with E-state index in [1.165, 1.54) is 16.2 Å². The van der Waals surface area contributed by atoms with Crippen molar-refractivity contribution >= 4 is 40.8 Å². The molecule has 0 bridgehead atoms. The van der Waals surface area contributed by atoms with Crippen LogP contribution in [0.1, 0.15) is 9.67 Å². The number of thiophene rings is 1. The summed E-state index contributed by atoms with van der Waals surface area (Å²) in [5, 5.41) is 2.47. The van der Waals surface area contributed by atoms with E-state index >= 15 is 0 Å². The molecule has 19 heavy (non-hydrogen) atoms. The molecular weight excluding hydrogens is 290 g/mol. The summed E-state index contributed by atoms with van der Waals surface area (Å²) in [7, 11) is 0. The van der Waals surface area contributed by atoms with Crippen molar-refractivity contribution < 1.29 is 14.4 Å². The fourth-order valence-electron chi connectivity index (χ4n) is 2.17. The van der Waals surface area contributed by atoms with Gasteiger partial charge in [-0.15, -0.1) is 11.3 Å². The number of hydrogen-bond donors (Lipinski definition) is 1. The van der Waals surface area contributed by atoms with E-state index in [9.17, 15) is 14.4 Å². The van der Waals surface area contributed by atoms with Crippen LogP contribution < -0.4 is 5.32 Å². The van der Waals surface area contributed by atoms with Gasteiger partial charge in [0.15, 0.2) is 0 Å². The molecule has 0 aromatic carbocycles. The van der Waals surface area contributed by atoms with Gasteiger partial charge in [0.1, 0.15) is 0 Å². The van der Waals surface area contributed by atoms with Gasteiger partial charge in [-0.3, -0.25) is 14.5 Å². The van der Waals surface area contributed by atoms with Gasteiger partial charge in [0.05, 0.1) is 21.8 Å². The number of imide groups is 1. The van der Waals surface area contributed by atoms with E-state index < -0.39 is 0 Å². The summed E-state index contributed by atoms with van der Waals surface area (Å²) in [6.07, 6.45) is 0. The zero-order chi connectivity index (χ0) is 13.6. The Bertz CT molecular complexity index is 551. The van der Waals surface area contributed by atoms with E-state index in [0.29, 0.717) is 22.3 Å². The summed E-state index contributed by atoms with van der Waals surface area (Å²) in [5.74, 6) is -0.346. The Morgan fingerprint density at radius 2 is 2.11 bits per heavy atom. The Balaban J connectivity index is 1.62.